The van der Waals surface area contributed by atoms with Gasteiger partial charge in [-0.05, 0) is 36.4 Å². The molecule has 6 nitrogen and oxygen atoms in total. The smallest absolute Gasteiger partial charge is 0.277 e. The average molecular weight is 432 g/mol. The lowest BCUT2D eigenvalue weighted by atomic mass is 10.2. The first-order chi connectivity index (χ1) is 12.5. The van der Waals surface area contributed by atoms with E-state index in [2.05, 4.69) is 31.4 Å². The third kappa shape index (κ3) is 4.80. The number of nitrogens with one attached hydrogen (secondary N) is 1. The highest BCUT2D eigenvalue weighted by Gasteiger charge is 2.12. The van der Waals surface area contributed by atoms with Crippen molar-refractivity contribution < 1.29 is 14.0 Å². The van der Waals surface area contributed by atoms with Crippen LogP contribution in [0.1, 0.15) is 17.3 Å². The first-order valence-corrected chi connectivity index (χ1v) is 9.42. The van der Waals surface area contributed by atoms with Crippen molar-refractivity contribution in [3.8, 4) is 11.5 Å². The van der Waals surface area contributed by atoms with E-state index < -0.39 is 0 Å². The van der Waals surface area contributed by atoms with Crippen LogP contribution < -0.4 is 5.32 Å². The van der Waals surface area contributed by atoms with Crippen LogP contribution in [0.15, 0.2) is 62.6 Å². The van der Waals surface area contributed by atoms with Gasteiger partial charge >= 0.3 is 0 Å². The summed E-state index contributed by atoms with van der Waals surface area (Å²) in [5.41, 5.74) is 2.06. The molecule has 3 aromatic rings. The van der Waals surface area contributed by atoms with Gasteiger partial charge in [-0.2, -0.15) is 0 Å². The molecule has 8 heteroatoms. The van der Waals surface area contributed by atoms with Crippen molar-refractivity contribution >= 4 is 45.1 Å². The lowest BCUT2D eigenvalue weighted by molar-refractivity contribution is -0.114. The second kappa shape index (κ2) is 8.29. The highest BCUT2D eigenvalue weighted by molar-refractivity contribution is 9.10. The van der Waals surface area contributed by atoms with Crippen molar-refractivity contribution in [2.45, 2.75) is 12.1 Å². The molecule has 1 N–H and O–H groups in total. The molecule has 2 aromatic carbocycles. The third-order valence-electron chi connectivity index (χ3n) is 3.35. The van der Waals surface area contributed by atoms with E-state index in [0.29, 0.717) is 22.4 Å². The summed E-state index contributed by atoms with van der Waals surface area (Å²) in [6.07, 6.45) is 0. The van der Waals surface area contributed by atoms with Gasteiger partial charge in [-0.3, -0.25) is 9.59 Å². The second-order valence-corrected chi connectivity index (χ2v) is 7.19. The fraction of sp³-hybridized carbons (Fsp3) is 0.111. The summed E-state index contributed by atoms with van der Waals surface area (Å²) in [4.78, 5) is 23.2. The lowest BCUT2D eigenvalue weighted by Crippen LogP contribution is -2.05. The third-order valence-corrected chi connectivity index (χ3v) is 4.70. The largest absolute Gasteiger partial charge is 0.411 e. The lowest BCUT2D eigenvalue weighted by Gasteiger charge is -2.01. The van der Waals surface area contributed by atoms with Gasteiger partial charge in [0, 0.05) is 28.2 Å². The van der Waals surface area contributed by atoms with Crippen LogP contribution in [0.4, 0.5) is 5.69 Å². The Morgan fingerprint density at radius 3 is 2.42 bits per heavy atom. The number of hydrogen-bond donors (Lipinski definition) is 1. The number of halogens is 1. The Morgan fingerprint density at radius 2 is 1.77 bits per heavy atom. The number of benzene rings is 2. The normalized spacial score (nSPS) is 10.5. The van der Waals surface area contributed by atoms with Gasteiger partial charge in [0.25, 0.3) is 5.22 Å². The number of nitrogens with zero attached hydrogens (tertiary/aromatic N) is 2. The first kappa shape index (κ1) is 18.3. The Balaban J connectivity index is 1.61. The maximum absolute atomic E-state index is 12.2. The SMILES string of the molecule is CC(=O)Nc1ccc(-c2nnc(SCC(=O)c3ccc(Br)cc3)o2)cc1. The summed E-state index contributed by atoms with van der Waals surface area (Å²) in [5.74, 6) is 0.426. The van der Waals surface area contributed by atoms with Crippen LogP contribution >= 0.6 is 27.7 Å². The predicted molar refractivity (Wildman–Crippen MR) is 103 cm³/mol. The molecule has 0 aliphatic carbocycles. The predicted octanol–water partition coefficient (Wildman–Crippen LogP) is 4.43. The number of aromatic nitrogens is 2. The minimum Gasteiger partial charge on any atom is -0.411 e. The molecule has 0 fully saturated rings. The van der Waals surface area contributed by atoms with Crippen molar-refractivity contribution in [2.75, 3.05) is 11.1 Å². The summed E-state index contributed by atoms with van der Waals surface area (Å²) >= 11 is 4.54. The van der Waals surface area contributed by atoms with E-state index in [0.717, 1.165) is 10.0 Å². The molecule has 0 bridgehead atoms. The van der Waals surface area contributed by atoms with Crippen molar-refractivity contribution in [1.82, 2.24) is 10.2 Å². The van der Waals surface area contributed by atoms with Crippen LogP contribution in [-0.2, 0) is 4.79 Å². The van der Waals surface area contributed by atoms with Crippen LogP contribution in [0.2, 0.25) is 0 Å². The number of hydrogen-bond acceptors (Lipinski definition) is 6. The van der Waals surface area contributed by atoms with Gasteiger partial charge in [-0.15, -0.1) is 10.2 Å². The standard InChI is InChI=1S/C18H14BrN3O3S/c1-11(23)20-15-8-4-13(5-9-15)17-21-22-18(25-17)26-10-16(24)12-2-6-14(19)7-3-12/h2-9H,10H2,1H3,(H,20,23). The molecule has 0 unspecified atom stereocenters. The number of rotatable bonds is 6. The van der Waals surface area contributed by atoms with Crippen LogP contribution in [-0.4, -0.2) is 27.6 Å². The van der Waals surface area contributed by atoms with Crippen LogP contribution in [0.3, 0.4) is 0 Å². The molecular formula is C18H14BrN3O3S. The molecule has 0 saturated carbocycles. The molecule has 1 heterocycles. The van der Waals surface area contributed by atoms with Crippen LogP contribution in [0.25, 0.3) is 11.5 Å². The highest BCUT2D eigenvalue weighted by atomic mass is 79.9. The molecular weight excluding hydrogens is 418 g/mol. The molecule has 1 amide bonds. The number of anilines is 1. The number of Topliss-reactive ketones (excluding diaryl/α,β-unsaturated/α-hetero) is 1. The summed E-state index contributed by atoms with van der Waals surface area (Å²) in [6.45, 7) is 1.45. The van der Waals surface area contributed by atoms with Crippen molar-refractivity contribution in [2.24, 2.45) is 0 Å². The van der Waals surface area contributed by atoms with Crippen molar-refractivity contribution in [3.63, 3.8) is 0 Å². The molecule has 0 atom stereocenters. The van der Waals surface area contributed by atoms with E-state index in [9.17, 15) is 9.59 Å². The maximum Gasteiger partial charge on any atom is 0.277 e. The van der Waals surface area contributed by atoms with E-state index in [4.69, 9.17) is 4.42 Å². The second-order valence-electron chi connectivity index (χ2n) is 5.35. The Kier molecular flexibility index (Phi) is 5.85. The minimum absolute atomic E-state index is 0.0121. The van der Waals surface area contributed by atoms with Gasteiger partial charge in [-0.1, -0.05) is 39.8 Å². The van der Waals surface area contributed by atoms with Crippen molar-refractivity contribution in [1.29, 1.82) is 0 Å². The fourth-order valence-electron chi connectivity index (χ4n) is 2.13. The molecule has 1 aromatic heterocycles. The van der Waals surface area contributed by atoms with Gasteiger partial charge in [0.15, 0.2) is 5.78 Å². The van der Waals surface area contributed by atoms with E-state index in [-0.39, 0.29) is 17.4 Å². The van der Waals surface area contributed by atoms with Crippen LogP contribution in [0, 0.1) is 0 Å². The summed E-state index contributed by atoms with van der Waals surface area (Å²) in [7, 11) is 0. The molecule has 0 aliphatic rings. The molecule has 26 heavy (non-hydrogen) atoms. The Morgan fingerprint density at radius 1 is 1.08 bits per heavy atom. The van der Waals surface area contributed by atoms with Gasteiger partial charge in [0.2, 0.25) is 11.8 Å². The quantitative estimate of drug-likeness (QED) is 0.458. The molecule has 0 aliphatic heterocycles. The van der Waals surface area contributed by atoms with Gasteiger partial charge in [0.05, 0.1) is 5.75 Å². The van der Waals surface area contributed by atoms with E-state index in [1.165, 1.54) is 18.7 Å². The van der Waals surface area contributed by atoms with Crippen molar-refractivity contribution in [3.05, 3.63) is 58.6 Å². The zero-order valence-electron chi connectivity index (χ0n) is 13.7. The molecule has 132 valence electrons. The molecule has 0 saturated heterocycles. The number of carbonyl (C=O) groups is 2. The van der Waals surface area contributed by atoms with Gasteiger partial charge in [-0.25, -0.2) is 0 Å². The number of ketones is 1. The van der Waals surface area contributed by atoms with E-state index in [1.54, 1.807) is 36.4 Å². The number of thioether (sulfide) groups is 1. The fourth-order valence-corrected chi connectivity index (χ4v) is 3.05. The van der Waals surface area contributed by atoms with Crippen LogP contribution in [0.5, 0.6) is 0 Å². The highest BCUT2D eigenvalue weighted by Crippen LogP contribution is 2.25. The topological polar surface area (TPSA) is 85.1 Å². The minimum atomic E-state index is -0.135. The zero-order chi connectivity index (χ0) is 18.5. The van der Waals surface area contributed by atoms with E-state index in [1.807, 2.05) is 12.1 Å². The Labute approximate surface area is 162 Å². The monoisotopic (exact) mass is 431 g/mol. The molecule has 0 radical (unpaired) electrons. The number of carbonyl (C=O) groups excluding carboxylic acids is 2. The maximum atomic E-state index is 12.2. The summed E-state index contributed by atoms with van der Waals surface area (Å²) < 4.78 is 6.51. The first-order valence-electron chi connectivity index (χ1n) is 7.64. The van der Waals surface area contributed by atoms with Gasteiger partial charge < -0.3 is 9.73 Å². The zero-order valence-corrected chi connectivity index (χ0v) is 16.1. The average Bonchev–Trinajstić information content (AvgIpc) is 3.09. The van der Waals surface area contributed by atoms with Gasteiger partial charge in [0.1, 0.15) is 0 Å². The Hall–Kier alpha value is -2.45. The number of amides is 1. The summed E-state index contributed by atoms with van der Waals surface area (Å²) in [6, 6.07) is 14.3. The Bertz CT molecular complexity index is 924. The van der Waals surface area contributed by atoms with E-state index >= 15 is 0 Å². The summed E-state index contributed by atoms with van der Waals surface area (Å²) in [5, 5.41) is 11.0. The molecule has 0 spiro atoms. The molecule has 3 rings (SSSR count).